The second-order valence-corrected chi connectivity index (χ2v) is 7.00. The first-order valence-electron chi connectivity index (χ1n) is 7.63. The summed E-state index contributed by atoms with van der Waals surface area (Å²) in [6.45, 7) is 0.704. The number of para-hydroxylation sites is 1. The molecule has 0 atom stereocenters. The molecule has 118 valence electrons. The van der Waals surface area contributed by atoms with E-state index in [1.807, 2.05) is 66.2 Å². The van der Waals surface area contributed by atoms with E-state index in [9.17, 15) is 4.79 Å². The van der Waals surface area contributed by atoms with Gasteiger partial charge in [-0.15, -0.1) is 11.3 Å². The van der Waals surface area contributed by atoms with E-state index in [4.69, 9.17) is 11.6 Å². The molecule has 0 aliphatic carbocycles. The van der Waals surface area contributed by atoms with E-state index in [0.717, 1.165) is 31.9 Å². The molecule has 4 rings (SSSR count). The fourth-order valence-corrected chi connectivity index (χ4v) is 3.69. The highest BCUT2D eigenvalue weighted by molar-refractivity contribution is 7.12. The molecule has 2 aromatic heterocycles. The van der Waals surface area contributed by atoms with E-state index in [1.165, 1.54) is 11.3 Å². The number of fused-ring (bicyclic) bond motifs is 1. The van der Waals surface area contributed by atoms with Gasteiger partial charge >= 0.3 is 0 Å². The minimum atomic E-state index is 0.0797. The first-order valence-corrected chi connectivity index (χ1v) is 8.88. The third-order valence-electron chi connectivity index (χ3n) is 4.04. The van der Waals surface area contributed by atoms with Gasteiger partial charge in [0, 0.05) is 34.2 Å². The predicted molar refractivity (Wildman–Crippen MR) is 100 cm³/mol. The number of hydrogen-bond donors (Lipinski definition) is 0. The van der Waals surface area contributed by atoms with Gasteiger partial charge in [0.05, 0.1) is 4.88 Å². The molecular weight excluding hydrogens is 338 g/mol. The van der Waals surface area contributed by atoms with Crippen molar-refractivity contribution >= 4 is 39.6 Å². The van der Waals surface area contributed by atoms with Gasteiger partial charge in [0.2, 0.25) is 5.78 Å². The maximum atomic E-state index is 12.8. The molecule has 2 aromatic carbocycles. The third-order valence-corrected chi connectivity index (χ3v) is 5.16. The van der Waals surface area contributed by atoms with E-state index in [-0.39, 0.29) is 5.78 Å². The Morgan fingerprint density at radius 2 is 1.79 bits per heavy atom. The number of halogens is 1. The summed E-state index contributed by atoms with van der Waals surface area (Å²) in [6, 6.07) is 19.6. The van der Waals surface area contributed by atoms with Crippen LogP contribution in [-0.2, 0) is 6.54 Å². The lowest BCUT2D eigenvalue weighted by Crippen LogP contribution is -1.99. The van der Waals surface area contributed by atoms with E-state index < -0.39 is 0 Å². The van der Waals surface area contributed by atoms with Crippen LogP contribution in [0.2, 0.25) is 5.02 Å². The lowest BCUT2D eigenvalue weighted by atomic mass is 10.1. The van der Waals surface area contributed by atoms with Crippen molar-refractivity contribution in [2.24, 2.45) is 0 Å². The van der Waals surface area contributed by atoms with Gasteiger partial charge in [-0.3, -0.25) is 4.79 Å². The zero-order chi connectivity index (χ0) is 16.5. The van der Waals surface area contributed by atoms with Gasteiger partial charge in [0.15, 0.2) is 0 Å². The summed E-state index contributed by atoms with van der Waals surface area (Å²) >= 11 is 7.44. The fraction of sp³-hybridized carbons (Fsp3) is 0.0500. The molecule has 2 heterocycles. The zero-order valence-electron chi connectivity index (χ0n) is 12.8. The molecule has 0 saturated carbocycles. The molecule has 0 spiro atoms. The molecule has 0 aliphatic heterocycles. The van der Waals surface area contributed by atoms with Crippen molar-refractivity contribution in [3.05, 3.63) is 93.3 Å². The minimum absolute atomic E-state index is 0.0797. The predicted octanol–water partition coefficient (Wildman–Crippen LogP) is 5.64. The highest BCUT2D eigenvalue weighted by atomic mass is 35.5. The largest absolute Gasteiger partial charge is 0.342 e. The Morgan fingerprint density at radius 1 is 1.00 bits per heavy atom. The molecule has 0 N–H and O–H groups in total. The van der Waals surface area contributed by atoms with Gasteiger partial charge in [0.1, 0.15) is 0 Å². The van der Waals surface area contributed by atoms with Crippen LogP contribution in [-0.4, -0.2) is 10.4 Å². The Kier molecular flexibility index (Phi) is 3.97. The topological polar surface area (TPSA) is 22.0 Å². The van der Waals surface area contributed by atoms with Crippen molar-refractivity contribution in [3.8, 4) is 0 Å². The molecule has 0 bridgehead atoms. The quantitative estimate of drug-likeness (QED) is 0.436. The molecule has 0 saturated heterocycles. The van der Waals surface area contributed by atoms with Gasteiger partial charge in [0.25, 0.3) is 0 Å². The molecule has 4 aromatic rings. The Morgan fingerprint density at radius 3 is 2.54 bits per heavy atom. The van der Waals surface area contributed by atoms with Crippen molar-refractivity contribution in [1.29, 1.82) is 0 Å². The highest BCUT2D eigenvalue weighted by Gasteiger charge is 2.17. The second-order valence-electron chi connectivity index (χ2n) is 5.62. The number of carbonyl (C=O) groups is 1. The van der Waals surface area contributed by atoms with Crippen LogP contribution in [0.15, 0.2) is 72.2 Å². The van der Waals surface area contributed by atoms with Crippen molar-refractivity contribution in [2.75, 3.05) is 0 Å². The van der Waals surface area contributed by atoms with Gasteiger partial charge in [-0.1, -0.05) is 48.0 Å². The Labute approximate surface area is 148 Å². The lowest BCUT2D eigenvalue weighted by molar-refractivity contribution is 0.104. The lowest BCUT2D eigenvalue weighted by Gasteiger charge is -2.05. The van der Waals surface area contributed by atoms with Crippen LogP contribution in [0.25, 0.3) is 10.9 Å². The smallest absolute Gasteiger partial charge is 0.205 e. The SMILES string of the molecule is O=C(c1cccs1)c1cn(Cc2ccc(Cl)cc2)c2ccccc12. The van der Waals surface area contributed by atoms with Crippen molar-refractivity contribution in [2.45, 2.75) is 6.54 Å². The number of benzene rings is 2. The summed E-state index contributed by atoms with van der Waals surface area (Å²) in [7, 11) is 0. The van der Waals surface area contributed by atoms with E-state index in [2.05, 4.69) is 10.6 Å². The highest BCUT2D eigenvalue weighted by Crippen LogP contribution is 2.26. The van der Waals surface area contributed by atoms with Crippen LogP contribution in [0.1, 0.15) is 20.8 Å². The Balaban J connectivity index is 1.79. The molecule has 0 fully saturated rings. The number of rotatable bonds is 4. The van der Waals surface area contributed by atoms with E-state index in [0.29, 0.717) is 6.54 Å². The van der Waals surface area contributed by atoms with E-state index in [1.54, 1.807) is 0 Å². The summed E-state index contributed by atoms with van der Waals surface area (Å²) in [5.41, 5.74) is 2.96. The first kappa shape index (κ1) is 15.2. The molecular formula is C20H14ClNOS. The Hall–Kier alpha value is -2.36. The summed E-state index contributed by atoms with van der Waals surface area (Å²) in [4.78, 5) is 13.6. The first-order chi connectivity index (χ1) is 11.7. The average molecular weight is 352 g/mol. The molecule has 0 radical (unpaired) electrons. The maximum Gasteiger partial charge on any atom is 0.205 e. The van der Waals surface area contributed by atoms with Crippen LogP contribution in [0, 0.1) is 0 Å². The second kappa shape index (κ2) is 6.27. The summed E-state index contributed by atoms with van der Waals surface area (Å²) < 4.78 is 2.12. The number of carbonyl (C=O) groups excluding carboxylic acids is 1. The van der Waals surface area contributed by atoms with E-state index >= 15 is 0 Å². The number of ketones is 1. The number of thiophene rings is 1. The fourth-order valence-electron chi connectivity index (χ4n) is 2.89. The molecule has 0 aliphatic rings. The minimum Gasteiger partial charge on any atom is -0.342 e. The van der Waals surface area contributed by atoms with Gasteiger partial charge < -0.3 is 4.57 Å². The average Bonchev–Trinajstić information content (AvgIpc) is 3.25. The summed E-state index contributed by atoms with van der Waals surface area (Å²) in [5.74, 6) is 0.0797. The van der Waals surface area contributed by atoms with Crippen molar-refractivity contribution in [3.63, 3.8) is 0 Å². The van der Waals surface area contributed by atoms with Crippen molar-refractivity contribution < 1.29 is 4.79 Å². The van der Waals surface area contributed by atoms with Crippen LogP contribution >= 0.6 is 22.9 Å². The number of aromatic nitrogens is 1. The molecule has 2 nitrogen and oxygen atoms in total. The monoisotopic (exact) mass is 351 g/mol. The zero-order valence-corrected chi connectivity index (χ0v) is 14.3. The Bertz CT molecular complexity index is 1000. The third kappa shape index (κ3) is 2.77. The summed E-state index contributed by atoms with van der Waals surface area (Å²) in [5, 5.41) is 3.65. The molecule has 0 unspecified atom stereocenters. The van der Waals surface area contributed by atoms with Crippen molar-refractivity contribution in [1.82, 2.24) is 4.57 Å². The van der Waals surface area contributed by atoms with Crippen LogP contribution < -0.4 is 0 Å². The van der Waals surface area contributed by atoms with Gasteiger partial charge in [-0.25, -0.2) is 0 Å². The molecule has 4 heteroatoms. The summed E-state index contributed by atoms with van der Waals surface area (Å²) in [6.07, 6.45) is 1.96. The molecule has 24 heavy (non-hydrogen) atoms. The standard InChI is InChI=1S/C20H14ClNOS/c21-15-9-7-14(8-10-15)12-22-13-17(16-4-1-2-5-18(16)22)20(23)19-6-3-11-24-19/h1-11,13H,12H2. The normalized spacial score (nSPS) is 11.0. The van der Waals surface area contributed by atoms with Crippen LogP contribution in [0.3, 0.4) is 0 Å². The number of hydrogen-bond acceptors (Lipinski definition) is 2. The molecule has 0 amide bonds. The number of nitrogens with zero attached hydrogens (tertiary/aromatic N) is 1. The van der Waals surface area contributed by atoms with Crippen LogP contribution in [0.4, 0.5) is 0 Å². The van der Waals surface area contributed by atoms with Gasteiger partial charge in [-0.2, -0.15) is 0 Å². The van der Waals surface area contributed by atoms with Gasteiger partial charge in [-0.05, 0) is 35.2 Å². The maximum absolute atomic E-state index is 12.8. The van der Waals surface area contributed by atoms with Crippen LogP contribution in [0.5, 0.6) is 0 Å².